The van der Waals surface area contributed by atoms with E-state index in [4.69, 9.17) is 13.7 Å². The van der Waals surface area contributed by atoms with Gasteiger partial charge in [0.15, 0.2) is 11.5 Å². The van der Waals surface area contributed by atoms with Crippen LogP contribution in [-0.4, -0.2) is 35.4 Å². The molecule has 0 unspecified atom stereocenters. The molecular weight excluding hydrogens is 296 g/mol. The Bertz CT molecular complexity index is 794. The lowest BCUT2D eigenvalue weighted by Crippen LogP contribution is -2.10. The largest absolute Gasteiger partial charge is 0.460 e. The van der Waals surface area contributed by atoms with Crippen molar-refractivity contribution in [3.8, 4) is 22.8 Å². The number of ether oxygens (including phenoxy) is 1. The van der Waals surface area contributed by atoms with Crippen LogP contribution in [0, 0.1) is 13.8 Å². The predicted molar refractivity (Wildman–Crippen MR) is 85.1 cm³/mol. The summed E-state index contributed by atoms with van der Waals surface area (Å²) < 4.78 is 16.1. The second-order valence-corrected chi connectivity index (χ2v) is 5.12. The van der Waals surface area contributed by atoms with E-state index < -0.39 is 0 Å². The Kier molecular flexibility index (Phi) is 4.38. The minimum Gasteiger partial charge on any atom is -0.460 e. The van der Waals surface area contributed by atoms with E-state index in [2.05, 4.69) is 20.4 Å². The Morgan fingerprint density at radius 2 is 2.09 bits per heavy atom. The summed E-state index contributed by atoms with van der Waals surface area (Å²) in [7, 11) is 1.65. The van der Waals surface area contributed by atoms with Gasteiger partial charge in [-0.25, -0.2) is 9.97 Å². The third-order valence-electron chi connectivity index (χ3n) is 3.25. The quantitative estimate of drug-likeness (QED) is 0.700. The first-order valence-electron chi connectivity index (χ1n) is 7.27. The molecule has 0 aliphatic carbocycles. The maximum Gasteiger partial charge on any atom is 0.223 e. The van der Waals surface area contributed by atoms with Crippen LogP contribution in [0.4, 0.5) is 5.95 Å². The molecule has 0 aliphatic rings. The van der Waals surface area contributed by atoms with Crippen LogP contribution in [0.15, 0.2) is 33.3 Å². The Balaban J connectivity index is 2.01. The number of aromatic nitrogens is 3. The molecule has 120 valence electrons. The van der Waals surface area contributed by atoms with Crippen molar-refractivity contribution >= 4 is 5.95 Å². The van der Waals surface area contributed by atoms with Crippen LogP contribution in [0.2, 0.25) is 0 Å². The monoisotopic (exact) mass is 314 g/mol. The van der Waals surface area contributed by atoms with Gasteiger partial charge in [-0.1, -0.05) is 5.16 Å². The molecule has 1 N–H and O–H groups in total. The summed E-state index contributed by atoms with van der Waals surface area (Å²) in [6, 6.07) is 5.62. The highest BCUT2D eigenvalue weighted by atomic mass is 16.5. The fourth-order valence-corrected chi connectivity index (χ4v) is 2.15. The van der Waals surface area contributed by atoms with Gasteiger partial charge in [0.25, 0.3) is 0 Å². The van der Waals surface area contributed by atoms with Crippen LogP contribution < -0.4 is 5.32 Å². The number of nitrogens with zero attached hydrogens (tertiary/aromatic N) is 3. The lowest BCUT2D eigenvalue weighted by Gasteiger charge is -2.08. The number of rotatable bonds is 6. The van der Waals surface area contributed by atoms with Crippen molar-refractivity contribution < 1.29 is 13.7 Å². The Hall–Kier alpha value is -2.67. The van der Waals surface area contributed by atoms with Crippen molar-refractivity contribution in [2.75, 3.05) is 25.6 Å². The highest BCUT2D eigenvalue weighted by Gasteiger charge is 2.17. The molecule has 7 nitrogen and oxygen atoms in total. The molecule has 0 saturated carbocycles. The molecule has 3 aromatic heterocycles. The standard InChI is InChI=1S/C16H18N4O3/c1-10-8-14(23-20-10)12-9-18-16(17-6-7-21-3)19-15(12)13-5-4-11(2)22-13/h4-5,8-9H,6-7H2,1-3H3,(H,17,18,19). The normalized spacial score (nSPS) is 10.9. The van der Waals surface area contributed by atoms with Gasteiger partial charge in [-0.3, -0.25) is 0 Å². The smallest absolute Gasteiger partial charge is 0.223 e. The first kappa shape index (κ1) is 15.2. The van der Waals surface area contributed by atoms with Gasteiger partial charge >= 0.3 is 0 Å². The number of methoxy groups -OCH3 is 1. The van der Waals surface area contributed by atoms with Gasteiger partial charge in [0, 0.05) is 25.9 Å². The van der Waals surface area contributed by atoms with Crippen LogP contribution >= 0.6 is 0 Å². The zero-order valence-corrected chi connectivity index (χ0v) is 13.3. The summed E-state index contributed by atoms with van der Waals surface area (Å²) in [5, 5.41) is 7.03. The van der Waals surface area contributed by atoms with Gasteiger partial charge in [-0.2, -0.15) is 0 Å². The van der Waals surface area contributed by atoms with Crippen molar-refractivity contribution in [3.63, 3.8) is 0 Å². The highest BCUT2D eigenvalue weighted by Crippen LogP contribution is 2.32. The molecule has 0 aromatic carbocycles. The summed E-state index contributed by atoms with van der Waals surface area (Å²) in [6.45, 7) is 4.95. The van der Waals surface area contributed by atoms with Gasteiger partial charge in [0.05, 0.1) is 17.9 Å². The van der Waals surface area contributed by atoms with Crippen molar-refractivity contribution in [1.29, 1.82) is 0 Å². The molecule has 3 aromatic rings. The maximum absolute atomic E-state index is 5.71. The minimum absolute atomic E-state index is 0.506. The summed E-state index contributed by atoms with van der Waals surface area (Å²) in [4.78, 5) is 8.88. The molecule has 0 aliphatic heterocycles. The molecule has 0 radical (unpaired) electrons. The predicted octanol–water partition coefficient (Wildman–Crippen LogP) is 3.07. The van der Waals surface area contributed by atoms with Crippen LogP contribution in [0.5, 0.6) is 0 Å². The zero-order chi connectivity index (χ0) is 16.2. The number of aryl methyl sites for hydroxylation is 2. The molecule has 7 heteroatoms. The van der Waals surface area contributed by atoms with E-state index in [1.807, 2.05) is 32.0 Å². The average Bonchev–Trinajstić information content (AvgIpc) is 3.16. The number of nitrogens with one attached hydrogen (secondary N) is 1. The molecule has 3 heterocycles. The topological polar surface area (TPSA) is 86.2 Å². The molecule has 0 amide bonds. The molecule has 0 saturated heterocycles. The fourth-order valence-electron chi connectivity index (χ4n) is 2.15. The lowest BCUT2D eigenvalue weighted by molar-refractivity contribution is 0.210. The van der Waals surface area contributed by atoms with E-state index in [0.29, 0.717) is 36.3 Å². The second kappa shape index (κ2) is 6.62. The van der Waals surface area contributed by atoms with Crippen LogP contribution in [0.3, 0.4) is 0 Å². The zero-order valence-electron chi connectivity index (χ0n) is 13.3. The van der Waals surface area contributed by atoms with E-state index >= 15 is 0 Å². The van der Waals surface area contributed by atoms with Crippen LogP contribution in [-0.2, 0) is 4.74 Å². The Morgan fingerprint density at radius 3 is 2.74 bits per heavy atom. The lowest BCUT2D eigenvalue weighted by atomic mass is 10.1. The highest BCUT2D eigenvalue weighted by molar-refractivity contribution is 5.75. The molecule has 3 rings (SSSR count). The minimum atomic E-state index is 0.506. The first-order chi connectivity index (χ1) is 11.2. The van der Waals surface area contributed by atoms with E-state index in [1.165, 1.54) is 0 Å². The van der Waals surface area contributed by atoms with Gasteiger partial charge in [-0.05, 0) is 26.0 Å². The number of hydrogen-bond acceptors (Lipinski definition) is 7. The van der Waals surface area contributed by atoms with E-state index in [1.54, 1.807) is 13.3 Å². The van der Waals surface area contributed by atoms with Gasteiger partial charge in [0.1, 0.15) is 11.5 Å². The summed E-state index contributed by atoms with van der Waals surface area (Å²) in [5.41, 5.74) is 2.19. The second-order valence-electron chi connectivity index (χ2n) is 5.12. The van der Waals surface area contributed by atoms with Gasteiger partial charge < -0.3 is 19.0 Å². The average molecular weight is 314 g/mol. The van der Waals surface area contributed by atoms with Gasteiger partial charge in [-0.15, -0.1) is 0 Å². The van der Waals surface area contributed by atoms with Gasteiger partial charge in [0.2, 0.25) is 5.95 Å². The Labute approximate surface area is 133 Å². The first-order valence-corrected chi connectivity index (χ1v) is 7.27. The molecule has 0 spiro atoms. The molecule has 0 fully saturated rings. The third kappa shape index (κ3) is 3.40. The Morgan fingerprint density at radius 1 is 1.22 bits per heavy atom. The summed E-state index contributed by atoms with van der Waals surface area (Å²) >= 11 is 0. The van der Waals surface area contributed by atoms with Crippen molar-refractivity contribution in [2.45, 2.75) is 13.8 Å². The molecular formula is C16H18N4O3. The molecule has 23 heavy (non-hydrogen) atoms. The van der Waals surface area contributed by atoms with Crippen LogP contribution in [0.1, 0.15) is 11.5 Å². The van der Waals surface area contributed by atoms with E-state index in [9.17, 15) is 0 Å². The molecule has 0 atom stereocenters. The van der Waals surface area contributed by atoms with Crippen molar-refractivity contribution in [1.82, 2.24) is 15.1 Å². The van der Waals surface area contributed by atoms with E-state index in [0.717, 1.165) is 17.0 Å². The SMILES string of the molecule is COCCNc1ncc(-c2cc(C)no2)c(-c2ccc(C)o2)n1. The van der Waals surface area contributed by atoms with Crippen molar-refractivity contribution in [2.24, 2.45) is 0 Å². The fraction of sp³-hybridized carbons (Fsp3) is 0.312. The summed E-state index contributed by atoms with van der Waals surface area (Å²) in [5.74, 6) is 2.58. The van der Waals surface area contributed by atoms with Crippen molar-refractivity contribution in [3.05, 3.63) is 35.9 Å². The summed E-state index contributed by atoms with van der Waals surface area (Å²) in [6.07, 6.45) is 1.70. The van der Waals surface area contributed by atoms with Crippen LogP contribution in [0.25, 0.3) is 22.8 Å². The third-order valence-corrected chi connectivity index (χ3v) is 3.25. The number of furan rings is 1. The number of anilines is 1. The van der Waals surface area contributed by atoms with E-state index in [-0.39, 0.29) is 0 Å². The molecule has 0 bridgehead atoms. The number of hydrogen-bond donors (Lipinski definition) is 1. The maximum atomic E-state index is 5.71.